The predicted molar refractivity (Wildman–Crippen MR) is 126 cm³/mol. The largest absolute Gasteiger partial charge is 0.488 e. The normalized spacial score (nSPS) is 11.0. The first kappa shape index (κ1) is 21.5. The quantitative estimate of drug-likeness (QED) is 0.212. The first-order valence-electron chi connectivity index (χ1n) is 9.47. The van der Waals surface area contributed by atoms with Crippen LogP contribution in [0.25, 0.3) is 10.1 Å². The van der Waals surface area contributed by atoms with Gasteiger partial charge in [-0.3, -0.25) is 14.9 Å². The van der Waals surface area contributed by atoms with Crippen molar-refractivity contribution in [3.8, 4) is 5.75 Å². The predicted octanol–water partition coefficient (Wildman–Crippen LogP) is 5.81. The van der Waals surface area contributed by atoms with Crippen LogP contribution in [-0.2, 0) is 6.61 Å². The number of halogens is 1. The number of thiophene rings is 1. The molecule has 9 heteroatoms. The van der Waals surface area contributed by atoms with E-state index in [9.17, 15) is 14.9 Å². The molecule has 0 spiro atoms. The van der Waals surface area contributed by atoms with Gasteiger partial charge in [0.25, 0.3) is 11.6 Å². The van der Waals surface area contributed by atoms with E-state index in [0.29, 0.717) is 33.2 Å². The third kappa shape index (κ3) is 5.11. The van der Waals surface area contributed by atoms with E-state index in [1.54, 1.807) is 24.3 Å². The Morgan fingerprint density at radius 3 is 2.69 bits per heavy atom. The lowest BCUT2D eigenvalue weighted by Gasteiger charge is -2.09. The van der Waals surface area contributed by atoms with E-state index >= 15 is 0 Å². The van der Waals surface area contributed by atoms with Crippen molar-refractivity contribution < 1.29 is 14.5 Å². The van der Waals surface area contributed by atoms with Crippen molar-refractivity contribution in [3.63, 3.8) is 0 Å². The standard InChI is InChI=1S/C23H16ClN3O4S/c24-18-7-5-15(6-8-18)14-31-20-4-2-1-3-16(20)13-25-26-23(28)22-12-17-11-19(27(29)30)9-10-21(17)32-22/h1-13H,14H2,(H,26,28). The molecule has 0 aliphatic rings. The van der Waals surface area contributed by atoms with Crippen molar-refractivity contribution in [1.29, 1.82) is 0 Å². The van der Waals surface area contributed by atoms with Crippen molar-refractivity contribution in [1.82, 2.24) is 5.43 Å². The van der Waals surface area contributed by atoms with Crippen LogP contribution in [0.4, 0.5) is 5.69 Å². The summed E-state index contributed by atoms with van der Waals surface area (Å²) < 4.78 is 6.66. The molecule has 1 aromatic heterocycles. The number of nitro benzene ring substituents is 1. The lowest BCUT2D eigenvalue weighted by molar-refractivity contribution is -0.384. The van der Waals surface area contributed by atoms with E-state index in [2.05, 4.69) is 10.5 Å². The molecule has 160 valence electrons. The molecular weight excluding hydrogens is 450 g/mol. The Balaban J connectivity index is 1.42. The zero-order chi connectivity index (χ0) is 22.5. The maximum absolute atomic E-state index is 12.5. The van der Waals surface area contributed by atoms with Crippen LogP contribution in [0.5, 0.6) is 5.75 Å². The first-order valence-corrected chi connectivity index (χ1v) is 10.7. The van der Waals surface area contributed by atoms with Gasteiger partial charge in [-0.25, -0.2) is 5.43 Å². The minimum Gasteiger partial charge on any atom is -0.488 e. The molecule has 7 nitrogen and oxygen atoms in total. The number of fused-ring (bicyclic) bond motifs is 1. The van der Waals surface area contributed by atoms with Crippen LogP contribution < -0.4 is 10.2 Å². The zero-order valence-corrected chi connectivity index (χ0v) is 18.1. The van der Waals surface area contributed by atoms with Gasteiger partial charge in [0.2, 0.25) is 0 Å². The Hall–Kier alpha value is -3.75. The summed E-state index contributed by atoms with van der Waals surface area (Å²) in [5.41, 5.74) is 4.15. The van der Waals surface area contributed by atoms with E-state index < -0.39 is 10.8 Å². The van der Waals surface area contributed by atoms with Crippen molar-refractivity contribution in [2.24, 2.45) is 5.10 Å². The third-order valence-electron chi connectivity index (χ3n) is 4.53. The molecule has 32 heavy (non-hydrogen) atoms. The zero-order valence-electron chi connectivity index (χ0n) is 16.5. The third-order valence-corrected chi connectivity index (χ3v) is 5.90. The van der Waals surface area contributed by atoms with Gasteiger partial charge in [0.1, 0.15) is 12.4 Å². The smallest absolute Gasteiger partial charge is 0.281 e. The molecule has 1 heterocycles. The number of para-hydroxylation sites is 1. The molecule has 0 unspecified atom stereocenters. The number of carbonyl (C=O) groups excluding carboxylic acids is 1. The fraction of sp³-hybridized carbons (Fsp3) is 0.0435. The number of amides is 1. The van der Waals surface area contributed by atoms with Gasteiger partial charge in [0.15, 0.2) is 0 Å². The molecule has 4 aromatic rings. The fourth-order valence-electron chi connectivity index (χ4n) is 2.93. The molecule has 1 N–H and O–H groups in total. The van der Waals surface area contributed by atoms with Crippen LogP contribution in [-0.4, -0.2) is 17.0 Å². The van der Waals surface area contributed by atoms with Crippen LogP contribution in [0.2, 0.25) is 5.02 Å². The van der Waals surface area contributed by atoms with Crippen molar-refractivity contribution in [3.05, 3.63) is 104 Å². The van der Waals surface area contributed by atoms with Gasteiger partial charge in [-0.05, 0) is 42.0 Å². The summed E-state index contributed by atoms with van der Waals surface area (Å²) in [5, 5.41) is 16.3. The SMILES string of the molecule is O=C(NN=Cc1ccccc1OCc1ccc(Cl)cc1)c1cc2cc([N+](=O)[O-])ccc2s1. The number of nitro groups is 1. The van der Waals surface area contributed by atoms with Crippen LogP contribution >= 0.6 is 22.9 Å². The summed E-state index contributed by atoms with van der Waals surface area (Å²) in [6.45, 7) is 0.363. The van der Waals surface area contributed by atoms with Crippen LogP contribution in [0.1, 0.15) is 20.8 Å². The van der Waals surface area contributed by atoms with E-state index in [1.165, 1.54) is 29.7 Å². The monoisotopic (exact) mass is 465 g/mol. The first-order chi connectivity index (χ1) is 15.5. The molecule has 0 aliphatic carbocycles. The van der Waals surface area contributed by atoms with E-state index in [-0.39, 0.29) is 5.69 Å². The lowest BCUT2D eigenvalue weighted by Crippen LogP contribution is -2.16. The number of nitrogens with zero attached hydrogens (tertiary/aromatic N) is 2. The van der Waals surface area contributed by atoms with Crippen LogP contribution in [0.15, 0.2) is 77.9 Å². The molecule has 0 saturated heterocycles. The molecule has 0 radical (unpaired) electrons. The van der Waals surface area contributed by atoms with Crippen molar-refractivity contribution >= 4 is 50.8 Å². The maximum atomic E-state index is 12.5. The fourth-order valence-corrected chi connectivity index (χ4v) is 3.99. The number of hydrogen-bond acceptors (Lipinski definition) is 6. The van der Waals surface area contributed by atoms with Crippen LogP contribution in [0, 0.1) is 10.1 Å². The number of carbonyl (C=O) groups is 1. The average molecular weight is 466 g/mol. The second-order valence-electron chi connectivity index (χ2n) is 6.74. The highest BCUT2D eigenvalue weighted by atomic mass is 35.5. The second-order valence-corrected chi connectivity index (χ2v) is 8.26. The molecule has 0 bridgehead atoms. The van der Waals surface area contributed by atoms with Gasteiger partial charge in [0, 0.05) is 32.8 Å². The van der Waals surface area contributed by atoms with Gasteiger partial charge in [-0.1, -0.05) is 35.9 Å². The van der Waals surface area contributed by atoms with Gasteiger partial charge in [0.05, 0.1) is 16.0 Å². The summed E-state index contributed by atoms with van der Waals surface area (Å²) in [6, 6.07) is 20.8. The highest BCUT2D eigenvalue weighted by Gasteiger charge is 2.13. The molecule has 0 atom stereocenters. The topological polar surface area (TPSA) is 93.8 Å². The maximum Gasteiger partial charge on any atom is 0.281 e. The van der Waals surface area contributed by atoms with E-state index in [0.717, 1.165) is 10.3 Å². The number of nitrogens with one attached hydrogen (secondary N) is 1. The van der Waals surface area contributed by atoms with Crippen LogP contribution in [0.3, 0.4) is 0 Å². The molecule has 0 fully saturated rings. The Kier molecular flexibility index (Phi) is 6.44. The second kappa shape index (κ2) is 9.59. The molecule has 4 rings (SSSR count). The summed E-state index contributed by atoms with van der Waals surface area (Å²) in [4.78, 5) is 23.3. The number of ether oxygens (including phenoxy) is 1. The minimum absolute atomic E-state index is 0.0181. The average Bonchev–Trinajstić information content (AvgIpc) is 3.23. The Morgan fingerprint density at radius 1 is 1.12 bits per heavy atom. The number of rotatable bonds is 7. The molecule has 0 aliphatic heterocycles. The summed E-state index contributed by atoms with van der Waals surface area (Å²) in [6.07, 6.45) is 1.51. The summed E-state index contributed by atoms with van der Waals surface area (Å²) in [7, 11) is 0. The van der Waals surface area contributed by atoms with Gasteiger partial charge < -0.3 is 4.74 Å². The summed E-state index contributed by atoms with van der Waals surface area (Å²) >= 11 is 7.14. The molecule has 0 saturated carbocycles. The van der Waals surface area contributed by atoms with Gasteiger partial charge >= 0.3 is 0 Å². The number of non-ortho nitro benzene ring substituents is 1. The van der Waals surface area contributed by atoms with E-state index in [1.807, 2.05) is 36.4 Å². The molecular formula is C23H16ClN3O4S. The Morgan fingerprint density at radius 2 is 1.91 bits per heavy atom. The minimum atomic E-state index is -0.465. The number of benzene rings is 3. The van der Waals surface area contributed by atoms with Gasteiger partial charge in [-0.15, -0.1) is 11.3 Å². The highest BCUT2D eigenvalue weighted by molar-refractivity contribution is 7.20. The van der Waals surface area contributed by atoms with Crippen molar-refractivity contribution in [2.45, 2.75) is 6.61 Å². The molecule has 3 aromatic carbocycles. The Labute approximate surface area is 192 Å². The number of hydrogen-bond donors (Lipinski definition) is 1. The van der Waals surface area contributed by atoms with Crippen molar-refractivity contribution in [2.75, 3.05) is 0 Å². The molecule has 1 amide bonds. The summed E-state index contributed by atoms with van der Waals surface area (Å²) in [5.74, 6) is 0.222. The Bertz CT molecular complexity index is 1320. The lowest BCUT2D eigenvalue weighted by atomic mass is 10.2. The number of hydrazone groups is 1. The highest BCUT2D eigenvalue weighted by Crippen LogP contribution is 2.29. The van der Waals surface area contributed by atoms with E-state index in [4.69, 9.17) is 16.3 Å². The van der Waals surface area contributed by atoms with Gasteiger partial charge in [-0.2, -0.15) is 5.10 Å².